The van der Waals surface area contributed by atoms with E-state index in [0.717, 1.165) is 0 Å². The molecule has 7 heteroatoms. The molecule has 1 rings (SSSR count). The number of aliphatic carboxylic acids is 2. The van der Waals surface area contributed by atoms with Gasteiger partial charge in [0.1, 0.15) is 5.75 Å². The maximum Gasteiger partial charge on any atom is 0.317 e. The van der Waals surface area contributed by atoms with Gasteiger partial charge in [-0.25, -0.2) is 0 Å². The van der Waals surface area contributed by atoms with Crippen LogP contribution in [0.2, 0.25) is 0 Å². The second-order valence-corrected chi connectivity index (χ2v) is 4.63. The molecule has 0 amide bonds. The molecule has 0 saturated carbocycles. The molecule has 0 aliphatic rings. The molecule has 0 fully saturated rings. The highest BCUT2D eigenvalue weighted by Gasteiger charge is 2.21. The molecule has 0 bridgehead atoms. The lowest BCUT2D eigenvalue weighted by Gasteiger charge is -2.30. The maximum atomic E-state index is 11.0. The van der Waals surface area contributed by atoms with Crippen LogP contribution >= 0.6 is 0 Å². The van der Waals surface area contributed by atoms with E-state index in [1.807, 2.05) is 6.92 Å². The monoisotopic (exact) mass is 296 g/mol. The molecule has 7 nitrogen and oxygen atoms in total. The number of rotatable bonds is 9. The maximum absolute atomic E-state index is 11.0. The lowest BCUT2D eigenvalue weighted by atomic mass is 10.1. The number of benzene rings is 1. The van der Waals surface area contributed by atoms with Gasteiger partial charge in [0.15, 0.2) is 0 Å². The van der Waals surface area contributed by atoms with Crippen LogP contribution in [-0.4, -0.2) is 51.4 Å². The van der Waals surface area contributed by atoms with Gasteiger partial charge in [0.2, 0.25) is 0 Å². The van der Waals surface area contributed by atoms with Crippen molar-refractivity contribution in [2.24, 2.45) is 0 Å². The summed E-state index contributed by atoms with van der Waals surface area (Å²) in [4.78, 5) is 23.2. The minimum atomic E-state index is -1.01. The van der Waals surface area contributed by atoms with Gasteiger partial charge in [-0.3, -0.25) is 19.8 Å². The first-order valence-corrected chi connectivity index (χ1v) is 6.62. The number of carbonyl (C=O) groups is 2. The number of aromatic hydroxyl groups is 1. The van der Waals surface area contributed by atoms with Crippen LogP contribution in [0, 0.1) is 0 Å². The fourth-order valence-electron chi connectivity index (χ4n) is 2.05. The lowest BCUT2D eigenvalue weighted by Crippen LogP contribution is -2.48. The van der Waals surface area contributed by atoms with Crippen molar-refractivity contribution in [1.29, 1.82) is 0 Å². The van der Waals surface area contributed by atoms with Crippen molar-refractivity contribution in [3.8, 4) is 5.75 Å². The topological polar surface area (TPSA) is 110 Å². The predicted molar refractivity (Wildman–Crippen MR) is 75.9 cm³/mol. The van der Waals surface area contributed by atoms with Gasteiger partial charge < -0.3 is 15.3 Å². The number of para-hydroxylation sites is 1. The van der Waals surface area contributed by atoms with Gasteiger partial charge in [-0.1, -0.05) is 25.1 Å². The normalized spacial score (nSPS) is 12.3. The summed E-state index contributed by atoms with van der Waals surface area (Å²) in [6.45, 7) is 1.54. The molecule has 0 aromatic heterocycles. The second kappa shape index (κ2) is 8.23. The number of phenols is 1. The summed E-state index contributed by atoms with van der Waals surface area (Å²) in [6.07, 6.45) is 0.130. The Morgan fingerprint density at radius 1 is 1.24 bits per heavy atom. The summed E-state index contributed by atoms with van der Waals surface area (Å²) in [5.74, 6) is -1.94. The van der Waals surface area contributed by atoms with Gasteiger partial charge in [0.25, 0.3) is 0 Å². The number of nitrogens with zero attached hydrogens (tertiary/aromatic N) is 1. The molecule has 0 spiro atoms. The molecule has 1 unspecified atom stereocenters. The third-order valence-electron chi connectivity index (χ3n) is 3.02. The molecule has 0 radical (unpaired) electrons. The highest BCUT2D eigenvalue weighted by molar-refractivity contribution is 5.69. The van der Waals surface area contributed by atoms with E-state index in [1.165, 1.54) is 6.07 Å². The molecule has 1 aromatic rings. The van der Waals surface area contributed by atoms with E-state index in [9.17, 15) is 14.7 Å². The van der Waals surface area contributed by atoms with Gasteiger partial charge in [-0.15, -0.1) is 0 Å². The molecule has 21 heavy (non-hydrogen) atoms. The summed E-state index contributed by atoms with van der Waals surface area (Å²) in [5.41, 5.74) is 0.592. The van der Waals surface area contributed by atoms with E-state index in [-0.39, 0.29) is 25.4 Å². The Kier molecular flexibility index (Phi) is 6.64. The Balaban J connectivity index is 2.85. The first kappa shape index (κ1) is 16.9. The average molecular weight is 296 g/mol. The molecule has 0 aliphatic heterocycles. The molecule has 0 aliphatic carbocycles. The smallest absolute Gasteiger partial charge is 0.317 e. The molecule has 116 valence electrons. The molecular weight excluding hydrogens is 276 g/mol. The summed E-state index contributed by atoms with van der Waals surface area (Å²) >= 11 is 0. The van der Waals surface area contributed by atoms with Crippen LogP contribution in [-0.2, 0) is 16.1 Å². The van der Waals surface area contributed by atoms with Crippen LogP contribution in [0.15, 0.2) is 24.3 Å². The first-order valence-electron chi connectivity index (χ1n) is 6.62. The van der Waals surface area contributed by atoms with Crippen molar-refractivity contribution >= 4 is 11.9 Å². The van der Waals surface area contributed by atoms with Crippen molar-refractivity contribution < 1.29 is 24.9 Å². The SMILES string of the molecule is CCC(NCC(=O)O)N(CC(=O)O)Cc1ccccc1O. The fraction of sp³-hybridized carbons (Fsp3) is 0.429. The summed E-state index contributed by atoms with van der Waals surface area (Å²) < 4.78 is 0. The standard InChI is InChI=1S/C14H20N2O5/c1-2-12(15-7-13(18)19)16(9-14(20)21)8-10-5-3-4-6-11(10)17/h3-6,12,15,17H,2,7-9H2,1H3,(H,18,19)(H,20,21). The first-order chi connectivity index (χ1) is 9.93. The van der Waals surface area contributed by atoms with Crippen LogP contribution in [0.5, 0.6) is 5.75 Å². The van der Waals surface area contributed by atoms with Gasteiger partial charge in [0, 0.05) is 12.1 Å². The molecule has 1 aromatic carbocycles. The average Bonchev–Trinajstić information content (AvgIpc) is 2.41. The van der Waals surface area contributed by atoms with Gasteiger partial charge in [-0.2, -0.15) is 0 Å². The van der Waals surface area contributed by atoms with E-state index in [1.54, 1.807) is 23.1 Å². The molecule has 4 N–H and O–H groups in total. The Morgan fingerprint density at radius 3 is 2.43 bits per heavy atom. The zero-order valence-electron chi connectivity index (χ0n) is 11.8. The molecule has 0 heterocycles. The van der Waals surface area contributed by atoms with E-state index < -0.39 is 18.1 Å². The number of phenolic OH excluding ortho intramolecular Hbond substituents is 1. The van der Waals surface area contributed by atoms with Crippen LogP contribution < -0.4 is 5.32 Å². The van der Waals surface area contributed by atoms with E-state index in [0.29, 0.717) is 12.0 Å². The van der Waals surface area contributed by atoms with Crippen molar-refractivity contribution in [3.63, 3.8) is 0 Å². The number of hydrogen-bond acceptors (Lipinski definition) is 5. The van der Waals surface area contributed by atoms with Crippen molar-refractivity contribution in [3.05, 3.63) is 29.8 Å². The Hall–Kier alpha value is -2.12. The molecular formula is C14H20N2O5. The number of hydrogen-bond donors (Lipinski definition) is 4. The number of carboxylic acids is 2. The van der Waals surface area contributed by atoms with Crippen LogP contribution in [0.4, 0.5) is 0 Å². The van der Waals surface area contributed by atoms with E-state index in [4.69, 9.17) is 10.2 Å². The number of carboxylic acid groups (broad SMARTS) is 2. The third-order valence-corrected chi connectivity index (χ3v) is 3.02. The van der Waals surface area contributed by atoms with Gasteiger partial charge in [0.05, 0.1) is 19.3 Å². The van der Waals surface area contributed by atoms with Crippen LogP contribution in [0.25, 0.3) is 0 Å². The lowest BCUT2D eigenvalue weighted by molar-refractivity contribution is -0.139. The summed E-state index contributed by atoms with van der Waals surface area (Å²) in [6, 6.07) is 6.66. The zero-order chi connectivity index (χ0) is 15.8. The predicted octanol–water partition coefficient (Wildman–Crippen LogP) is 0.689. The summed E-state index contributed by atoms with van der Waals surface area (Å²) in [7, 11) is 0. The zero-order valence-corrected chi connectivity index (χ0v) is 11.8. The Labute approximate surface area is 122 Å². The van der Waals surface area contributed by atoms with Gasteiger partial charge >= 0.3 is 11.9 Å². The third kappa shape index (κ3) is 5.80. The minimum Gasteiger partial charge on any atom is -0.508 e. The van der Waals surface area contributed by atoms with Gasteiger partial charge in [-0.05, 0) is 12.5 Å². The Bertz CT molecular complexity index is 492. The van der Waals surface area contributed by atoms with Crippen molar-refractivity contribution in [2.75, 3.05) is 13.1 Å². The quantitative estimate of drug-likeness (QED) is 0.496. The highest BCUT2D eigenvalue weighted by Crippen LogP contribution is 2.19. The fourth-order valence-corrected chi connectivity index (χ4v) is 2.05. The number of nitrogens with one attached hydrogen (secondary N) is 1. The van der Waals surface area contributed by atoms with Crippen LogP contribution in [0.1, 0.15) is 18.9 Å². The van der Waals surface area contributed by atoms with Crippen molar-refractivity contribution in [2.45, 2.75) is 26.1 Å². The van der Waals surface area contributed by atoms with Crippen molar-refractivity contribution in [1.82, 2.24) is 10.2 Å². The second-order valence-electron chi connectivity index (χ2n) is 4.63. The molecule has 1 atom stereocenters. The van der Waals surface area contributed by atoms with E-state index >= 15 is 0 Å². The van der Waals surface area contributed by atoms with Crippen LogP contribution in [0.3, 0.4) is 0 Å². The highest BCUT2D eigenvalue weighted by atomic mass is 16.4. The largest absolute Gasteiger partial charge is 0.508 e. The van der Waals surface area contributed by atoms with E-state index in [2.05, 4.69) is 5.32 Å². The molecule has 0 saturated heterocycles. The summed E-state index contributed by atoms with van der Waals surface area (Å²) in [5, 5.41) is 30.3. The minimum absolute atomic E-state index is 0.0842. The Morgan fingerprint density at radius 2 is 1.90 bits per heavy atom.